The van der Waals surface area contributed by atoms with Gasteiger partial charge in [-0.2, -0.15) is 0 Å². The van der Waals surface area contributed by atoms with Crippen molar-refractivity contribution < 1.29 is 0 Å². The molecule has 0 aromatic heterocycles. The first-order valence-electron chi connectivity index (χ1n) is 6.86. The van der Waals surface area contributed by atoms with Crippen LogP contribution in [0, 0.1) is 0 Å². The summed E-state index contributed by atoms with van der Waals surface area (Å²) < 4.78 is 0. The molecule has 4 rings (SSSR count). The van der Waals surface area contributed by atoms with Gasteiger partial charge in [-0.05, 0) is 33.9 Å². The molecule has 0 radical (unpaired) electrons. The standard InChI is InChI=1S/C19H16/c1-19(16-10-3-2-4-11-16)13-15-9-5-7-14-8-6-12-17(19)18(14)15/h2-12H,13H2,1H3. The van der Waals surface area contributed by atoms with E-state index in [-0.39, 0.29) is 5.41 Å². The molecule has 0 heterocycles. The summed E-state index contributed by atoms with van der Waals surface area (Å²) in [7, 11) is 0. The van der Waals surface area contributed by atoms with E-state index < -0.39 is 0 Å². The quantitative estimate of drug-likeness (QED) is 0.582. The van der Waals surface area contributed by atoms with Gasteiger partial charge in [-0.25, -0.2) is 0 Å². The Morgan fingerprint density at radius 3 is 2.32 bits per heavy atom. The van der Waals surface area contributed by atoms with Gasteiger partial charge in [-0.3, -0.25) is 0 Å². The smallest absolute Gasteiger partial charge is 0.0221 e. The van der Waals surface area contributed by atoms with Crippen LogP contribution in [0.5, 0.6) is 0 Å². The summed E-state index contributed by atoms with van der Waals surface area (Å²) in [6, 6.07) is 24.3. The molecule has 1 unspecified atom stereocenters. The molecule has 1 atom stereocenters. The molecule has 0 nitrogen and oxygen atoms in total. The molecule has 1 aliphatic carbocycles. The van der Waals surface area contributed by atoms with Crippen molar-refractivity contribution in [3.8, 4) is 0 Å². The fraction of sp³-hybridized carbons (Fsp3) is 0.158. The Balaban J connectivity index is 2.04. The Morgan fingerprint density at radius 2 is 1.53 bits per heavy atom. The van der Waals surface area contributed by atoms with Crippen molar-refractivity contribution in [2.45, 2.75) is 18.8 Å². The molecule has 0 N–H and O–H groups in total. The summed E-state index contributed by atoms with van der Waals surface area (Å²) >= 11 is 0. The predicted molar refractivity (Wildman–Crippen MR) is 80.5 cm³/mol. The maximum atomic E-state index is 2.37. The van der Waals surface area contributed by atoms with Crippen LogP contribution in [0.1, 0.15) is 23.6 Å². The second-order valence-corrected chi connectivity index (χ2v) is 5.70. The minimum Gasteiger partial charge on any atom is -0.0622 e. The van der Waals surface area contributed by atoms with Crippen molar-refractivity contribution in [2.24, 2.45) is 0 Å². The molecule has 0 aliphatic heterocycles. The first kappa shape index (κ1) is 10.8. The van der Waals surface area contributed by atoms with Gasteiger partial charge in [0.25, 0.3) is 0 Å². The third kappa shape index (κ3) is 1.40. The average Bonchev–Trinajstić information content (AvgIpc) is 2.77. The summed E-state index contributed by atoms with van der Waals surface area (Å²) in [6.07, 6.45) is 1.10. The molecule has 0 saturated carbocycles. The molecule has 0 amide bonds. The SMILES string of the molecule is CC1(c2ccccc2)Cc2cccc3cccc1c23. The largest absolute Gasteiger partial charge is 0.0622 e. The number of rotatable bonds is 1. The van der Waals surface area contributed by atoms with Gasteiger partial charge < -0.3 is 0 Å². The normalized spacial score (nSPS) is 20.9. The monoisotopic (exact) mass is 244 g/mol. The summed E-state index contributed by atoms with van der Waals surface area (Å²) in [4.78, 5) is 0. The molecule has 1 aliphatic rings. The van der Waals surface area contributed by atoms with Crippen LogP contribution in [0.4, 0.5) is 0 Å². The lowest BCUT2D eigenvalue weighted by Gasteiger charge is -2.26. The first-order valence-corrected chi connectivity index (χ1v) is 6.86. The lowest BCUT2D eigenvalue weighted by Crippen LogP contribution is -2.22. The third-order valence-corrected chi connectivity index (χ3v) is 4.54. The highest BCUT2D eigenvalue weighted by Crippen LogP contribution is 2.46. The molecule has 0 saturated heterocycles. The van der Waals surface area contributed by atoms with Crippen molar-refractivity contribution in [1.82, 2.24) is 0 Å². The van der Waals surface area contributed by atoms with Crippen molar-refractivity contribution in [1.29, 1.82) is 0 Å². The second-order valence-electron chi connectivity index (χ2n) is 5.70. The molecule has 19 heavy (non-hydrogen) atoms. The fourth-order valence-electron chi connectivity index (χ4n) is 3.57. The second kappa shape index (κ2) is 3.71. The Labute approximate surface area is 113 Å². The van der Waals surface area contributed by atoms with Crippen molar-refractivity contribution in [3.05, 3.63) is 83.4 Å². The number of benzene rings is 3. The van der Waals surface area contributed by atoms with E-state index in [1.54, 1.807) is 0 Å². The number of hydrogen-bond acceptors (Lipinski definition) is 0. The first-order chi connectivity index (χ1) is 9.29. The maximum absolute atomic E-state index is 2.37. The minimum atomic E-state index is 0.116. The zero-order valence-corrected chi connectivity index (χ0v) is 11.1. The highest BCUT2D eigenvalue weighted by Gasteiger charge is 2.36. The maximum Gasteiger partial charge on any atom is 0.0221 e. The highest BCUT2D eigenvalue weighted by molar-refractivity contribution is 5.92. The van der Waals surface area contributed by atoms with E-state index in [0.29, 0.717) is 0 Å². The summed E-state index contributed by atoms with van der Waals surface area (Å²) in [5.41, 5.74) is 4.50. The molecule has 0 fully saturated rings. The lowest BCUT2D eigenvalue weighted by atomic mass is 9.77. The Hall–Kier alpha value is -2.08. The van der Waals surface area contributed by atoms with Crippen LogP contribution < -0.4 is 0 Å². The van der Waals surface area contributed by atoms with Gasteiger partial charge in [-0.1, -0.05) is 73.7 Å². The van der Waals surface area contributed by atoms with Crippen molar-refractivity contribution in [2.75, 3.05) is 0 Å². The average molecular weight is 244 g/mol. The van der Waals surface area contributed by atoms with Crippen LogP contribution in [0.2, 0.25) is 0 Å². The van der Waals surface area contributed by atoms with E-state index in [2.05, 4.69) is 73.7 Å². The summed E-state index contributed by atoms with van der Waals surface area (Å²) in [5, 5.41) is 2.84. The van der Waals surface area contributed by atoms with E-state index in [1.807, 2.05) is 0 Å². The van der Waals surface area contributed by atoms with E-state index in [4.69, 9.17) is 0 Å². The van der Waals surface area contributed by atoms with Gasteiger partial charge in [0.05, 0.1) is 0 Å². The Kier molecular flexibility index (Phi) is 2.11. The molecule has 0 spiro atoms. The summed E-state index contributed by atoms with van der Waals surface area (Å²) in [5.74, 6) is 0. The topological polar surface area (TPSA) is 0 Å². The van der Waals surface area contributed by atoms with Gasteiger partial charge in [0.1, 0.15) is 0 Å². The Morgan fingerprint density at radius 1 is 0.789 bits per heavy atom. The van der Waals surface area contributed by atoms with E-state index in [1.165, 1.54) is 27.5 Å². The zero-order valence-electron chi connectivity index (χ0n) is 11.1. The van der Waals surface area contributed by atoms with Crippen LogP contribution in [0.3, 0.4) is 0 Å². The molecule has 3 aromatic carbocycles. The van der Waals surface area contributed by atoms with E-state index in [0.717, 1.165) is 6.42 Å². The summed E-state index contributed by atoms with van der Waals surface area (Å²) in [6.45, 7) is 2.37. The van der Waals surface area contributed by atoms with Gasteiger partial charge in [-0.15, -0.1) is 0 Å². The van der Waals surface area contributed by atoms with E-state index >= 15 is 0 Å². The van der Waals surface area contributed by atoms with Crippen LogP contribution in [-0.2, 0) is 11.8 Å². The molecule has 0 bridgehead atoms. The lowest BCUT2D eigenvalue weighted by molar-refractivity contribution is 0.593. The van der Waals surface area contributed by atoms with Crippen LogP contribution >= 0.6 is 0 Å². The molecule has 92 valence electrons. The highest BCUT2D eigenvalue weighted by atomic mass is 14.4. The molecule has 0 heteroatoms. The molecule has 3 aromatic rings. The van der Waals surface area contributed by atoms with Crippen molar-refractivity contribution >= 4 is 10.8 Å². The van der Waals surface area contributed by atoms with Gasteiger partial charge in [0.2, 0.25) is 0 Å². The number of hydrogen-bond donors (Lipinski definition) is 0. The fourth-order valence-corrected chi connectivity index (χ4v) is 3.57. The van der Waals surface area contributed by atoms with E-state index in [9.17, 15) is 0 Å². The van der Waals surface area contributed by atoms with Crippen LogP contribution in [-0.4, -0.2) is 0 Å². The predicted octanol–water partition coefficient (Wildman–Crippen LogP) is 4.70. The molecular formula is C19H16. The Bertz CT molecular complexity index is 750. The third-order valence-electron chi connectivity index (χ3n) is 4.54. The van der Waals surface area contributed by atoms with Gasteiger partial charge in [0.15, 0.2) is 0 Å². The van der Waals surface area contributed by atoms with Crippen LogP contribution in [0.25, 0.3) is 10.8 Å². The van der Waals surface area contributed by atoms with Crippen LogP contribution in [0.15, 0.2) is 66.7 Å². The zero-order chi connectivity index (χ0) is 12.9. The van der Waals surface area contributed by atoms with Gasteiger partial charge in [0, 0.05) is 5.41 Å². The minimum absolute atomic E-state index is 0.116. The van der Waals surface area contributed by atoms with Gasteiger partial charge >= 0.3 is 0 Å². The van der Waals surface area contributed by atoms with Crippen molar-refractivity contribution in [3.63, 3.8) is 0 Å². The molecular weight excluding hydrogens is 228 g/mol.